The molecule has 12 nitrogen and oxygen atoms in total. The third-order valence-corrected chi connectivity index (χ3v) is 7.82. The molecule has 1 aliphatic rings. The van der Waals surface area contributed by atoms with Gasteiger partial charge in [0.2, 0.25) is 23.5 Å². The van der Waals surface area contributed by atoms with Crippen molar-refractivity contribution >= 4 is 35.2 Å². The van der Waals surface area contributed by atoms with E-state index in [4.69, 9.17) is 5.73 Å². The molecule has 4 amide bonds. The Morgan fingerprint density at radius 2 is 1.45 bits per heavy atom. The Hall–Kier alpha value is -5.10. The van der Waals surface area contributed by atoms with E-state index in [-0.39, 0.29) is 37.0 Å². The van der Waals surface area contributed by atoms with Crippen LogP contribution in [0.3, 0.4) is 0 Å². The minimum Gasteiger partial charge on any atom is -0.391 e. The number of nitrogens with two attached hydrogens (primary N) is 1. The Morgan fingerprint density at radius 3 is 2.02 bits per heavy atom. The van der Waals surface area contributed by atoms with Gasteiger partial charge in [-0.2, -0.15) is 0 Å². The molecule has 1 aromatic heterocycles. The lowest BCUT2D eigenvalue weighted by atomic mass is 10.0. The number of anilines is 1. The lowest BCUT2D eigenvalue weighted by Gasteiger charge is -2.26. The fourth-order valence-corrected chi connectivity index (χ4v) is 4.96. The Labute approximate surface area is 273 Å². The molecule has 47 heavy (non-hydrogen) atoms. The summed E-state index contributed by atoms with van der Waals surface area (Å²) < 4.78 is 0. The van der Waals surface area contributed by atoms with Gasteiger partial charge >= 0.3 is 0 Å². The Kier molecular flexibility index (Phi) is 12.6. The number of amides is 4. The van der Waals surface area contributed by atoms with E-state index >= 15 is 0 Å². The van der Waals surface area contributed by atoms with Crippen molar-refractivity contribution in [3.8, 4) is 0 Å². The lowest BCUT2D eigenvalue weighted by molar-refractivity contribution is -0.141. The molecule has 3 aromatic rings. The van der Waals surface area contributed by atoms with Gasteiger partial charge in [0.25, 0.3) is 5.91 Å². The maximum Gasteiger partial charge on any atom is 0.289 e. The Morgan fingerprint density at radius 1 is 0.809 bits per heavy atom. The zero-order valence-electron chi connectivity index (χ0n) is 26.4. The third-order valence-electron chi connectivity index (χ3n) is 7.82. The molecular weight excluding hydrogens is 600 g/mol. The number of rotatable bonds is 17. The molecule has 4 rings (SSSR count). The number of benzene rings is 2. The lowest BCUT2D eigenvalue weighted by Crippen LogP contribution is -2.60. The summed E-state index contributed by atoms with van der Waals surface area (Å²) in [5.74, 6) is -3.33. The number of nitrogen functional groups attached to an aromatic ring is 1. The van der Waals surface area contributed by atoms with Gasteiger partial charge in [-0.3, -0.25) is 24.0 Å². The normalized spacial score (nSPS) is 14.9. The number of pyridine rings is 1. The molecule has 0 saturated heterocycles. The van der Waals surface area contributed by atoms with Crippen LogP contribution in [0.15, 0.2) is 79.0 Å². The maximum atomic E-state index is 13.6. The van der Waals surface area contributed by atoms with Crippen molar-refractivity contribution in [3.63, 3.8) is 0 Å². The number of Topliss-reactive ketones (excluding diaryl/α,β-unsaturated/α-hetero) is 1. The van der Waals surface area contributed by atoms with Gasteiger partial charge in [0.15, 0.2) is 0 Å². The van der Waals surface area contributed by atoms with Crippen LogP contribution in [0.25, 0.3) is 0 Å². The van der Waals surface area contributed by atoms with Crippen LogP contribution in [-0.4, -0.2) is 69.8 Å². The monoisotopic (exact) mass is 642 g/mol. The van der Waals surface area contributed by atoms with E-state index in [0.717, 1.165) is 24.0 Å². The van der Waals surface area contributed by atoms with Crippen molar-refractivity contribution in [2.75, 3.05) is 5.73 Å². The van der Waals surface area contributed by atoms with Crippen LogP contribution in [0.4, 0.5) is 5.82 Å². The molecule has 0 aliphatic heterocycles. The first-order valence-corrected chi connectivity index (χ1v) is 15.8. The quantitative estimate of drug-likeness (QED) is 0.118. The van der Waals surface area contributed by atoms with Crippen molar-refractivity contribution < 1.29 is 29.1 Å². The van der Waals surface area contributed by atoms with Gasteiger partial charge in [-0.15, -0.1) is 0 Å². The summed E-state index contributed by atoms with van der Waals surface area (Å²) in [6.07, 6.45) is 2.83. The summed E-state index contributed by atoms with van der Waals surface area (Å²) in [5, 5.41) is 21.1. The average molecular weight is 643 g/mol. The molecule has 1 saturated carbocycles. The molecule has 0 unspecified atom stereocenters. The molecule has 1 aliphatic carbocycles. The smallest absolute Gasteiger partial charge is 0.289 e. The number of aryl methyl sites for hydroxylation is 2. The molecule has 1 fully saturated rings. The summed E-state index contributed by atoms with van der Waals surface area (Å²) in [7, 11) is 0. The van der Waals surface area contributed by atoms with Crippen molar-refractivity contribution in [1.29, 1.82) is 0 Å². The van der Waals surface area contributed by atoms with Gasteiger partial charge in [0.05, 0.1) is 6.10 Å². The fourth-order valence-electron chi connectivity index (χ4n) is 4.96. The van der Waals surface area contributed by atoms with Crippen molar-refractivity contribution in [1.82, 2.24) is 26.3 Å². The molecule has 248 valence electrons. The Balaban J connectivity index is 1.46. The summed E-state index contributed by atoms with van der Waals surface area (Å²) >= 11 is 0. The SMILES string of the molecule is C[C@@H](O)[C@H](NC(=O)[C@H](CCc1ccccc1)NC(=O)CCc1ccccc1)C(=O)N[C@@H](Cc1ccc(N)nc1)C(=O)C(=O)NC1CC1. The van der Waals surface area contributed by atoms with E-state index < -0.39 is 47.7 Å². The zero-order valence-corrected chi connectivity index (χ0v) is 26.4. The van der Waals surface area contributed by atoms with E-state index in [1.165, 1.54) is 19.2 Å². The highest BCUT2D eigenvalue weighted by Gasteiger charge is 2.35. The van der Waals surface area contributed by atoms with Crippen LogP contribution in [0.1, 0.15) is 49.3 Å². The number of carbonyl (C=O) groups excluding carboxylic acids is 5. The van der Waals surface area contributed by atoms with Crippen molar-refractivity contribution in [2.45, 2.75) is 82.1 Å². The standard InChI is InChI=1S/C35H42N6O6/c1-22(42)31(34(46)40-28(20-25-13-18-29(36)37-21-25)32(44)35(47)38-26-15-16-26)41-33(45)27(17-12-23-8-4-2-5-9-23)39-30(43)19-14-24-10-6-3-7-11-24/h2-11,13,18,21-22,26-28,31,42H,12,14-17,19-20H2,1H3,(H2,36,37)(H,38,47)(H,39,43)(H,40,46)(H,41,45)/t22-,27+,28+,31+/m1/s1. The van der Waals surface area contributed by atoms with Crippen LogP contribution in [-0.2, 0) is 43.2 Å². The number of nitrogens with one attached hydrogen (secondary N) is 4. The molecule has 0 spiro atoms. The molecule has 7 N–H and O–H groups in total. The van der Waals surface area contributed by atoms with Crippen molar-refractivity contribution in [3.05, 3.63) is 95.7 Å². The summed E-state index contributed by atoms with van der Waals surface area (Å²) in [5.41, 5.74) is 8.14. The third kappa shape index (κ3) is 11.3. The topological polar surface area (TPSA) is 193 Å². The second kappa shape index (κ2) is 17.0. The number of hydrogen-bond acceptors (Lipinski definition) is 8. The first-order chi connectivity index (χ1) is 22.6. The molecule has 0 bridgehead atoms. The minimum atomic E-state index is -1.49. The number of hydrogen-bond donors (Lipinski definition) is 6. The molecule has 4 atom stereocenters. The highest BCUT2D eigenvalue weighted by atomic mass is 16.3. The molecule has 0 radical (unpaired) electrons. The molecular formula is C35H42N6O6. The fraction of sp³-hybridized carbons (Fsp3) is 0.371. The van der Waals surface area contributed by atoms with Crippen LogP contribution in [0, 0.1) is 0 Å². The summed E-state index contributed by atoms with van der Waals surface area (Å²) in [6, 6.07) is 18.2. The Bertz CT molecular complexity index is 1510. The highest BCUT2D eigenvalue weighted by molar-refractivity contribution is 6.38. The second-order valence-electron chi connectivity index (χ2n) is 11.8. The number of nitrogens with zero attached hydrogens (tertiary/aromatic N) is 1. The van der Waals surface area contributed by atoms with Crippen LogP contribution >= 0.6 is 0 Å². The van der Waals surface area contributed by atoms with Gasteiger partial charge in [-0.05, 0) is 61.8 Å². The van der Waals surface area contributed by atoms with Gasteiger partial charge in [-0.1, -0.05) is 66.7 Å². The number of aromatic nitrogens is 1. The number of carbonyl (C=O) groups is 5. The largest absolute Gasteiger partial charge is 0.391 e. The maximum absolute atomic E-state index is 13.6. The van der Waals surface area contributed by atoms with E-state index in [2.05, 4.69) is 26.3 Å². The predicted molar refractivity (Wildman–Crippen MR) is 176 cm³/mol. The molecule has 2 aromatic carbocycles. The minimum absolute atomic E-state index is 0.0758. The van der Waals surface area contributed by atoms with Crippen LogP contribution in [0.5, 0.6) is 0 Å². The van der Waals surface area contributed by atoms with Crippen LogP contribution in [0.2, 0.25) is 0 Å². The molecule has 12 heteroatoms. The second-order valence-corrected chi connectivity index (χ2v) is 11.8. The van der Waals surface area contributed by atoms with Gasteiger partial charge < -0.3 is 32.1 Å². The molecule has 1 heterocycles. The average Bonchev–Trinajstić information content (AvgIpc) is 3.89. The number of aliphatic hydroxyl groups is 1. The van der Waals surface area contributed by atoms with E-state index in [1.54, 1.807) is 6.07 Å². The summed E-state index contributed by atoms with van der Waals surface area (Å²) in [6.45, 7) is 1.32. The van der Waals surface area contributed by atoms with Crippen LogP contribution < -0.4 is 27.0 Å². The van der Waals surface area contributed by atoms with E-state index in [1.807, 2.05) is 60.7 Å². The first-order valence-electron chi connectivity index (χ1n) is 15.8. The van der Waals surface area contributed by atoms with Gasteiger partial charge in [0.1, 0.15) is 23.9 Å². The summed E-state index contributed by atoms with van der Waals surface area (Å²) in [4.78, 5) is 69.9. The van der Waals surface area contributed by atoms with Crippen molar-refractivity contribution in [2.24, 2.45) is 0 Å². The zero-order chi connectivity index (χ0) is 33.8. The number of aliphatic hydroxyl groups excluding tert-OH is 1. The van der Waals surface area contributed by atoms with E-state index in [0.29, 0.717) is 18.4 Å². The van der Waals surface area contributed by atoms with Gasteiger partial charge in [-0.25, -0.2) is 4.98 Å². The first kappa shape index (κ1) is 34.8. The highest BCUT2D eigenvalue weighted by Crippen LogP contribution is 2.18. The van der Waals surface area contributed by atoms with Gasteiger partial charge in [0, 0.05) is 25.1 Å². The number of ketones is 1. The predicted octanol–water partition coefficient (Wildman–Crippen LogP) is 1.15. The van der Waals surface area contributed by atoms with E-state index in [9.17, 15) is 29.1 Å².